The highest BCUT2D eigenvalue weighted by Crippen LogP contribution is 2.29. The van der Waals surface area contributed by atoms with E-state index in [4.69, 9.17) is 5.73 Å². The number of halogens is 4. The summed E-state index contributed by atoms with van der Waals surface area (Å²) in [6, 6.07) is -0.197. The van der Waals surface area contributed by atoms with Crippen molar-refractivity contribution in [2.75, 3.05) is 17.6 Å². The number of hydrogen-bond donors (Lipinski definition) is 3. The van der Waals surface area contributed by atoms with Crippen molar-refractivity contribution >= 4 is 28.3 Å². The molecule has 0 unspecified atom stereocenters. The second-order valence-corrected chi connectivity index (χ2v) is 5.09. The monoisotopic (exact) mass is 314 g/mol. The molecule has 0 atom stereocenters. The number of nitrogen functional groups attached to an aromatic ring is 1. The van der Waals surface area contributed by atoms with Gasteiger partial charge in [-0.1, -0.05) is 0 Å². The van der Waals surface area contributed by atoms with Crippen molar-refractivity contribution in [1.29, 1.82) is 0 Å². The van der Waals surface area contributed by atoms with E-state index in [2.05, 4.69) is 15.0 Å². The lowest BCUT2D eigenvalue weighted by atomic mass is 10.2. The lowest BCUT2D eigenvalue weighted by Crippen LogP contribution is -2.35. The molecular weight excluding hydrogens is 300 g/mol. The quantitative estimate of drug-likeness (QED) is 0.703. The molecule has 0 aliphatic rings. The maximum absolute atomic E-state index is 12.8. The molecule has 1 aromatic rings. The van der Waals surface area contributed by atoms with Gasteiger partial charge in [-0.05, 0) is 25.4 Å². The van der Waals surface area contributed by atoms with Crippen LogP contribution in [0, 0.1) is 0 Å². The van der Waals surface area contributed by atoms with Gasteiger partial charge in [0.1, 0.15) is 10.6 Å². The van der Waals surface area contributed by atoms with Crippen molar-refractivity contribution in [2.45, 2.75) is 32.2 Å². The summed E-state index contributed by atoms with van der Waals surface area (Å²) in [6.07, 6.45) is -3.80. The van der Waals surface area contributed by atoms with E-state index in [1.807, 2.05) is 0 Å². The van der Waals surface area contributed by atoms with Crippen molar-refractivity contribution < 1.29 is 22.4 Å². The number of nitrogens with one attached hydrogen (secondary N) is 2. The van der Waals surface area contributed by atoms with Crippen molar-refractivity contribution in [3.63, 3.8) is 0 Å². The molecule has 0 spiro atoms. The molecule has 0 bridgehead atoms. The van der Waals surface area contributed by atoms with Crippen molar-refractivity contribution in [1.82, 2.24) is 9.69 Å². The first-order valence-corrected chi connectivity index (χ1v) is 6.38. The van der Waals surface area contributed by atoms with E-state index in [0.717, 1.165) is 0 Å². The molecule has 20 heavy (non-hydrogen) atoms. The minimum absolute atomic E-state index is 0.0685. The number of hydrogen-bond acceptors (Lipinski definition) is 5. The molecule has 4 N–H and O–H groups in total. The van der Waals surface area contributed by atoms with Crippen LogP contribution < -0.4 is 16.4 Å². The van der Waals surface area contributed by atoms with Gasteiger partial charge < -0.3 is 16.4 Å². The van der Waals surface area contributed by atoms with Gasteiger partial charge in [-0.3, -0.25) is 4.79 Å². The van der Waals surface area contributed by atoms with Gasteiger partial charge in [0.05, 0.1) is 6.54 Å². The largest absolute Gasteiger partial charge is 0.382 e. The number of aromatic nitrogens is 1. The standard InChI is InChI=1S/C10H14F4N4OS/c1-4(2)17-7(19)5-6(15)18-20-8(5)16-3-10(13,14)9(11)12/h4,9,16H,3H2,1-2H3,(H2,15,18)(H,17,19). The zero-order valence-electron chi connectivity index (χ0n) is 10.7. The van der Waals surface area contributed by atoms with Crippen LogP contribution in [0.4, 0.5) is 28.4 Å². The Morgan fingerprint density at radius 3 is 2.55 bits per heavy atom. The molecule has 0 aliphatic carbocycles. The average molecular weight is 314 g/mol. The number of carbonyl (C=O) groups excluding carboxylic acids is 1. The predicted octanol–water partition coefficient (Wildman–Crippen LogP) is 2.18. The Labute approximate surface area is 116 Å². The van der Waals surface area contributed by atoms with Crippen LogP contribution in [-0.4, -0.2) is 35.2 Å². The summed E-state index contributed by atoms with van der Waals surface area (Å²) in [4.78, 5) is 11.8. The Morgan fingerprint density at radius 2 is 2.05 bits per heavy atom. The molecule has 0 aromatic carbocycles. The highest BCUT2D eigenvalue weighted by atomic mass is 32.1. The molecule has 5 nitrogen and oxygen atoms in total. The first kappa shape index (κ1) is 16.5. The molecule has 1 heterocycles. The molecule has 10 heteroatoms. The summed E-state index contributed by atoms with van der Waals surface area (Å²) in [6.45, 7) is 2.09. The van der Waals surface area contributed by atoms with Crippen LogP contribution in [0.25, 0.3) is 0 Å². The molecule has 0 saturated heterocycles. The number of carbonyl (C=O) groups is 1. The van der Waals surface area contributed by atoms with Crippen LogP contribution in [0.3, 0.4) is 0 Å². The van der Waals surface area contributed by atoms with E-state index < -0.39 is 24.8 Å². The predicted molar refractivity (Wildman–Crippen MR) is 68.6 cm³/mol. The SMILES string of the molecule is CC(C)NC(=O)c1c(N)nsc1NCC(F)(F)C(F)F. The summed E-state index contributed by atoms with van der Waals surface area (Å²) in [5, 5.41) is 4.54. The fraction of sp³-hybridized carbons (Fsp3) is 0.600. The van der Waals surface area contributed by atoms with E-state index in [-0.39, 0.29) is 22.4 Å². The third-order valence-corrected chi connectivity index (χ3v) is 2.99. The number of nitrogens with zero attached hydrogens (tertiary/aromatic N) is 1. The lowest BCUT2D eigenvalue weighted by Gasteiger charge is -2.16. The van der Waals surface area contributed by atoms with Crippen molar-refractivity contribution in [3.05, 3.63) is 5.56 Å². The maximum Gasteiger partial charge on any atom is 0.324 e. The van der Waals surface area contributed by atoms with Crippen LogP contribution in [0.15, 0.2) is 0 Å². The second kappa shape index (κ2) is 6.25. The summed E-state index contributed by atoms with van der Waals surface area (Å²) in [7, 11) is 0. The van der Waals surface area contributed by atoms with Crippen LogP contribution in [0.1, 0.15) is 24.2 Å². The number of rotatable bonds is 6. The van der Waals surface area contributed by atoms with Gasteiger partial charge >= 0.3 is 12.3 Å². The number of nitrogens with two attached hydrogens (primary N) is 1. The Hall–Kier alpha value is -1.58. The van der Waals surface area contributed by atoms with E-state index in [1.165, 1.54) is 0 Å². The Bertz CT molecular complexity index is 478. The van der Waals surface area contributed by atoms with Gasteiger partial charge in [0.2, 0.25) is 0 Å². The summed E-state index contributed by atoms with van der Waals surface area (Å²) < 4.78 is 53.4. The average Bonchev–Trinajstić information content (AvgIpc) is 2.67. The van der Waals surface area contributed by atoms with Gasteiger partial charge in [0.15, 0.2) is 5.82 Å². The molecule has 1 rings (SSSR count). The highest BCUT2D eigenvalue weighted by molar-refractivity contribution is 7.11. The van der Waals surface area contributed by atoms with E-state index in [9.17, 15) is 22.4 Å². The first-order valence-electron chi connectivity index (χ1n) is 5.61. The molecular formula is C10H14F4N4OS. The van der Waals surface area contributed by atoms with E-state index in [0.29, 0.717) is 11.5 Å². The fourth-order valence-corrected chi connectivity index (χ4v) is 1.96. The Kier molecular flexibility index (Phi) is 5.15. The highest BCUT2D eigenvalue weighted by Gasteiger charge is 2.40. The second-order valence-electron chi connectivity index (χ2n) is 4.32. The Morgan fingerprint density at radius 1 is 1.45 bits per heavy atom. The van der Waals surface area contributed by atoms with Gasteiger partial charge in [-0.15, -0.1) is 0 Å². The number of amides is 1. The lowest BCUT2D eigenvalue weighted by molar-refractivity contribution is -0.117. The minimum Gasteiger partial charge on any atom is -0.382 e. The molecule has 0 aliphatic heterocycles. The van der Waals surface area contributed by atoms with Crippen molar-refractivity contribution in [2.24, 2.45) is 0 Å². The summed E-state index contributed by atoms with van der Waals surface area (Å²) in [5.74, 6) is -4.95. The number of alkyl halides is 4. The van der Waals surface area contributed by atoms with Crippen LogP contribution in [0.5, 0.6) is 0 Å². The molecule has 1 amide bonds. The normalized spacial score (nSPS) is 12.0. The van der Waals surface area contributed by atoms with Gasteiger partial charge in [0.25, 0.3) is 5.91 Å². The zero-order valence-corrected chi connectivity index (χ0v) is 11.5. The minimum atomic E-state index is -4.20. The Balaban J connectivity index is 2.85. The van der Waals surface area contributed by atoms with Crippen molar-refractivity contribution in [3.8, 4) is 0 Å². The fourth-order valence-electron chi connectivity index (χ4n) is 1.25. The zero-order chi connectivity index (χ0) is 15.5. The van der Waals surface area contributed by atoms with Gasteiger partial charge in [0, 0.05) is 6.04 Å². The summed E-state index contributed by atoms with van der Waals surface area (Å²) in [5.41, 5.74) is 5.36. The van der Waals surface area contributed by atoms with E-state index >= 15 is 0 Å². The summed E-state index contributed by atoms with van der Waals surface area (Å²) >= 11 is 0.659. The van der Waals surface area contributed by atoms with Crippen LogP contribution in [-0.2, 0) is 0 Å². The maximum atomic E-state index is 12.8. The van der Waals surface area contributed by atoms with Crippen LogP contribution >= 0.6 is 11.5 Å². The third-order valence-electron chi connectivity index (χ3n) is 2.17. The van der Waals surface area contributed by atoms with Gasteiger partial charge in [-0.25, -0.2) is 8.78 Å². The molecule has 114 valence electrons. The molecule has 1 aromatic heterocycles. The third kappa shape index (κ3) is 3.95. The molecule has 0 radical (unpaired) electrons. The van der Waals surface area contributed by atoms with Gasteiger partial charge in [-0.2, -0.15) is 13.2 Å². The first-order chi connectivity index (χ1) is 9.15. The van der Waals surface area contributed by atoms with Crippen LogP contribution in [0.2, 0.25) is 0 Å². The van der Waals surface area contributed by atoms with E-state index in [1.54, 1.807) is 13.8 Å². The topological polar surface area (TPSA) is 80.0 Å². The molecule has 0 saturated carbocycles. The molecule has 0 fully saturated rings. The number of anilines is 2. The smallest absolute Gasteiger partial charge is 0.324 e.